The van der Waals surface area contributed by atoms with Crippen LogP contribution in [0, 0.1) is 19.7 Å². The molecule has 0 atom stereocenters. The van der Waals surface area contributed by atoms with E-state index in [0.717, 1.165) is 24.0 Å². The Morgan fingerprint density at radius 1 is 1.44 bits per heavy atom. The van der Waals surface area contributed by atoms with Crippen molar-refractivity contribution in [3.8, 4) is 0 Å². The summed E-state index contributed by atoms with van der Waals surface area (Å²) in [7, 11) is 0. The van der Waals surface area contributed by atoms with Crippen molar-refractivity contribution >= 4 is 17.7 Å². The number of carbonyl (C=O) groups excluding carboxylic acids is 1. The Balaban J connectivity index is 2.69. The van der Waals surface area contributed by atoms with Crippen LogP contribution in [0.4, 0.5) is 4.39 Å². The number of rotatable bonds is 2. The summed E-state index contributed by atoms with van der Waals surface area (Å²) in [5.41, 5.74) is 1.51. The zero-order chi connectivity index (χ0) is 11.9. The van der Waals surface area contributed by atoms with E-state index in [-0.39, 0.29) is 5.82 Å². The predicted molar refractivity (Wildman–Crippen MR) is 59.9 cm³/mol. The molecule has 0 aromatic heterocycles. The normalized spacial score (nSPS) is 16.8. The van der Waals surface area contributed by atoms with Crippen LogP contribution in [0.2, 0.25) is 5.02 Å². The number of aliphatic imine (C=N–C) groups is 1. The molecule has 0 radical (unpaired) electrons. The monoisotopic (exact) mass is 239 g/mol. The molecule has 1 aliphatic carbocycles. The molecule has 1 fully saturated rings. The first kappa shape index (κ1) is 11.3. The number of hydrogen-bond acceptors (Lipinski definition) is 2. The molecule has 0 saturated heterocycles. The van der Waals surface area contributed by atoms with E-state index < -0.39 is 5.54 Å². The van der Waals surface area contributed by atoms with Crippen molar-refractivity contribution in [3.63, 3.8) is 0 Å². The van der Waals surface area contributed by atoms with Gasteiger partial charge in [0.25, 0.3) is 0 Å². The molecule has 84 valence electrons. The molecule has 0 heterocycles. The van der Waals surface area contributed by atoms with Crippen LogP contribution >= 0.6 is 11.6 Å². The zero-order valence-corrected chi connectivity index (χ0v) is 9.86. The Morgan fingerprint density at radius 2 is 2.06 bits per heavy atom. The van der Waals surface area contributed by atoms with Crippen LogP contribution in [0.1, 0.15) is 29.5 Å². The summed E-state index contributed by atoms with van der Waals surface area (Å²) in [5, 5.41) is 0.380. The molecule has 1 aliphatic rings. The van der Waals surface area contributed by atoms with Crippen molar-refractivity contribution in [2.45, 2.75) is 32.2 Å². The lowest BCUT2D eigenvalue weighted by molar-refractivity contribution is 0.554. The lowest BCUT2D eigenvalue weighted by atomic mass is 9.94. The second kappa shape index (κ2) is 3.69. The summed E-state index contributed by atoms with van der Waals surface area (Å²) >= 11 is 5.94. The maximum absolute atomic E-state index is 13.6. The largest absolute Gasteiger partial charge is 0.235 e. The Hall–Kier alpha value is -1.18. The third-order valence-corrected chi connectivity index (χ3v) is 3.56. The number of nitrogens with zero attached hydrogens (tertiary/aromatic N) is 1. The topological polar surface area (TPSA) is 29.4 Å². The van der Waals surface area contributed by atoms with Gasteiger partial charge in [-0.3, -0.25) is 0 Å². The fourth-order valence-corrected chi connectivity index (χ4v) is 2.36. The van der Waals surface area contributed by atoms with E-state index in [9.17, 15) is 9.18 Å². The molecular formula is C12H11ClFNO. The molecule has 0 spiro atoms. The summed E-state index contributed by atoms with van der Waals surface area (Å²) < 4.78 is 13.6. The first-order chi connectivity index (χ1) is 7.52. The average Bonchev–Trinajstić information content (AvgIpc) is 2.97. The van der Waals surface area contributed by atoms with Crippen LogP contribution in [0.5, 0.6) is 0 Å². The number of benzene rings is 1. The minimum Gasteiger partial charge on any atom is -0.211 e. The van der Waals surface area contributed by atoms with Gasteiger partial charge in [0.2, 0.25) is 6.08 Å². The van der Waals surface area contributed by atoms with Crippen LogP contribution in [0.3, 0.4) is 0 Å². The SMILES string of the molecule is Cc1c(F)cc(Cl)c(C)c1C1(N=C=O)CC1. The standard InChI is InChI=1S/C12H11ClFNO/c1-7-9(13)5-10(14)8(2)11(7)12(3-4-12)15-6-16/h5H,3-4H2,1-2H3. The molecule has 0 N–H and O–H groups in total. The highest BCUT2D eigenvalue weighted by Crippen LogP contribution is 2.52. The van der Waals surface area contributed by atoms with Gasteiger partial charge >= 0.3 is 0 Å². The van der Waals surface area contributed by atoms with Gasteiger partial charge in [-0.15, -0.1) is 0 Å². The van der Waals surface area contributed by atoms with Crippen molar-refractivity contribution < 1.29 is 9.18 Å². The predicted octanol–water partition coefficient (Wildman–Crippen LogP) is 3.42. The van der Waals surface area contributed by atoms with Gasteiger partial charge in [0, 0.05) is 5.02 Å². The summed E-state index contributed by atoms with van der Waals surface area (Å²) in [6, 6.07) is 1.30. The van der Waals surface area contributed by atoms with Gasteiger partial charge in [-0.05, 0) is 49.4 Å². The van der Waals surface area contributed by atoms with Crippen molar-refractivity contribution in [3.05, 3.63) is 33.6 Å². The van der Waals surface area contributed by atoms with Crippen molar-refractivity contribution in [2.75, 3.05) is 0 Å². The van der Waals surface area contributed by atoms with Crippen LogP contribution in [-0.2, 0) is 10.3 Å². The molecule has 0 aliphatic heterocycles. The summed E-state index contributed by atoms with van der Waals surface area (Å²) in [6.07, 6.45) is 3.08. The van der Waals surface area contributed by atoms with Gasteiger partial charge in [0.15, 0.2) is 0 Å². The maximum Gasteiger partial charge on any atom is 0.235 e. The summed E-state index contributed by atoms with van der Waals surface area (Å²) in [4.78, 5) is 14.2. The Labute approximate surface area is 98.1 Å². The molecule has 0 amide bonds. The summed E-state index contributed by atoms with van der Waals surface area (Å²) in [5.74, 6) is -0.349. The van der Waals surface area contributed by atoms with Gasteiger partial charge in [-0.2, -0.15) is 4.99 Å². The lowest BCUT2D eigenvalue weighted by Crippen LogP contribution is -2.09. The molecule has 0 bridgehead atoms. The first-order valence-corrected chi connectivity index (χ1v) is 5.44. The highest BCUT2D eigenvalue weighted by Gasteiger charge is 2.47. The van der Waals surface area contributed by atoms with Gasteiger partial charge in [-0.1, -0.05) is 11.6 Å². The minimum absolute atomic E-state index is 0.349. The van der Waals surface area contributed by atoms with Gasteiger partial charge in [0.05, 0.1) is 5.54 Å². The summed E-state index contributed by atoms with van der Waals surface area (Å²) in [6.45, 7) is 3.51. The third-order valence-electron chi connectivity index (χ3n) is 3.17. The Morgan fingerprint density at radius 3 is 2.56 bits per heavy atom. The lowest BCUT2D eigenvalue weighted by Gasteiger charge is -2.17. The van der Waals surface area contributed by atoms with E-state index in [1.165, 1.54) is 6.07 Å². The Bertz CT molecular complexity index is 476. The molecule has 1 aromatic rings. The van der Waals surface area contributed by atoms with E-state index in [0.29, 0.717) is 10.6 Å². The highest BCUT2D eigenvalue weighted by atomic mass is 35.5. The molecule has 1 aromatic carbocycles. The quantitative estimate of drug-likeness (QED) is 0.574. The van der Waals surface area contributed by atoms with E-state index >= 15 is 0 Å². The third kappa shape index (κ3) is 1.57. The van der Waals surface area contributed by atoms with E-state index in [1.54, 1.807) is 13.0 Å². The van der Waals surface area contributed by atoms with Crippen molar-refractivity contribution in [1.82, 2.24) is 0 Å². The molecule has 2 nitrogen and oxygen atoms in total. The average molecular weight is 240 g/mol. The van der Waals surface area contributed by atoms with Crippen molar-refractivity contribution in [1.29, 1.82) is 0 Å². The van der Waals surface area contributed by atoms with Crippen LogP contribution in [0.15, 0.2) is 11.1 Å². The Kier molecular flexibility index (Phi) is 2.61. The molecular weight excluding hydrogens is 229 g/mol. The fourth-order valence-electron chi connectivity index (χ4n) is 2.17. The van der Waals surface area contributed by atoms with Gasteiger partial charge < -0.3 is 0 Å². The van der Waals surface area contributed by atoms with E-state index in [2.05, 4.69) is 4.99 Å². The van der Waals surface area contributed by atoms with Crippen LogP contribution in [0.25, 0.3) is 0 Å². The number of isocyanates is 1. The number of hydrogen-bond donors (Lipinski definition) is 0. The van der Waals surface area contributed by atoms with Crippen LogP contribution < -0.4 is 0 Å². The fraction of sp³-hybridized carbons (Fsp3) is 0.417. The van der Waals surface area contributed by atoms with Crippen LogP contribution in [-0.4, -0.2) is 6.08 Å². The molecule has 16 heavy (non-hydrogen) atoms. The van der Waals surface area contributed by atoms with Gasteiger partial charge in [-0.25, -0.2) is 9.18 Å². The second-order valence-corrected chi connectivity index (χ2v) is 4.61. The molecule has 2 rings (SSSR count). The van der Waals surface area contributed by atoms with Gasteiger partial charge in [0.1, 0.15) is 5.82 Å². The first-order valence-electron chi connectivity index (χ1n) is 5.06. The minimum atomic E-state index is -0.568. The molecule has 1 saturated carbocycles. The van der Waals surface area contributed by atoms with E-state index in [4.69, 9.17) is 11.6 Å². The molecule has 4 heteroatoms. The molecule has 0 unspecified atom stereocenters. The highest BCUT2D eigenvalue weighted by molar-refractivity contribution is 6.31. The smallest absolute Gasteiger partial charge is 0.211 e. The second-order valence-electron chi connectivity index (χ2n) is 4.20. The number of halogens is 2. The van der Waals surface area contributed by atoms with Crippen molar-refractivity contribution in [2.24, 2.45) is 4.99 Å². The zero-order valence-electron chi connectivity index (χ0n) is 9.10. The maximum atomic E-state index is 13.6. The van der Waals surface area contributed by atoms with E-state index in [1.807, 2.05) is 6.92 Å².